The Balaban J connectivity index is 2.13. The molecule has 1 heterocycles. The molecule has 0 spiro atoms. The maximum Gasteiger partial charge on any atom is 0.130 e. The Bertz CT molecular complexity index is 554. The minimum absolute atomic E-state index is 0.430. The van der Waals surface area contributed by atoms with Gasteiger partial charge < -0.3 is 4.74 Å². The van der Waals surface area contributed by atoms with Gasteiger partial charge in [0.15, 0.2) is 0 Å². The molecule has 0 saturated heterocycles. The number of halogens is 2. The number of aryl methyl sites for hydroxylation is 2. The van der Waals surface area contributed by atoms with E-state index in [9.17, 15) is 0 Å². The second-order valence-corrected chi connectivity index (χ2v) is 5.26. The molecule has 0 unspecified atom stereocenters. The van der Waals surface area contributed by atoms with Crippen molar-refractivity contribution in [3.05, 3.63) is 45.7 Å². The Morgan fingerprint density at radius 1 is 1.39 bits per heavy atom. The van der Waals surface area contributed by atoms with Crippen LogP contribution in [0.1, 0.15) is 17.0 Å². The molecule has 0 bridgehead atoms. The molecule has 3 nitrogen and oxygen atoms in total. The van der Waals surface area contributed by atoms with E-state index in [1.165, 1.54) is 0 Å². The van der Waals surface area contributed by atoms with Crippen molar-refractivity contribution in [1.29, 1.82) is 0 Å². The summed E-state index contributed by atoms with van der Waals surface area (Å²) in [5, 5.41) is 4.28. The first kappa shape index (κ1) is 13.4. The Labute approximate surface area is 120 Å². The Morgan fingerprint density at radius 3 is 2.78 bits per heavy atom. The lowest BCUT2D eigenvalue weighted by molar-refractivity contribution is 0.292. The summed E-state index contributed by atoms with van der Waals surface area (Å²) >= 11 is 9.32. The van der Waals surface area contributed by atoms with E-state index in [0.29, 0.717) is 12.5 Å². The number of hydrogen-bond acceptors (Lipinski definition) is 2. The third kappa shape index (κ3) is 3.06. The fourth-order valence-corrected chi connectivity index (χ4v) is 2.36. The highest BCUT2D eigenvalue weighted by atomic mass is 79.9. The highest BCUT2D eigenvalue weighted by Crippen LogP contribution is 2.25. The molecule has 2 rings (SSSR count). The first-order chi connectivity index (χ1) is 8.60. The fraction of sp³-hybridized carbons (Fsp3) is 0.308. The van der Waals surface area contributed by atoms with E-state index in [1.807, 2.05) is 42.9 Å². The Kier molecular flexibility index (Phi) is 4.30. The SMILES string of the molecule is Cc1cc(COc2ccc(Br)cc2CCl)n(C)n1. The summed E-state index contributed by atoms with van der Waals surface area (Å²) in [5.41, 5.74) is 3.00. The first-order valence-corrected chi connectivity index (χ1v) is 6.89. The number of rotatable bonds is 4. The molecule has 0 aliphatic heterocycles. The molecule has 5 heteroatoms. The predicted molar refractivity (Wildman–Crippen MR) is 76.0 cm³/mol. The van der Waals surface area contributed by atoms with Crippen LogP contribution in [0.15, 0.2) is 28.7 Å². The van der Waals surface area contributed by atoms with Crippen LogP contribution in [0.5, 0.6) is 5.75 Å². The van der Waals surface area contributed by atoms with Gasteiger partial charge >= 0.3 is 0 Å². The van der Waals surface area contributed by atoms with Crippen molar-refractivity contribution in [2.45, 2.75) is 19.4 Å². The zero-order valence-corrected chi connectivity index (χ0v) is 12.6. The molecule has 18 heavy (non-hydrogen) atoms. The topological polar surface area (TPSA) is 27.1 Å². The van der Waals surface area contributed by atoms with Gasteiger partial charge in [0, 0.05) is 17.1 Å². The second-order valence-electron chi connectivity index (χ2n) is 4.08. The Morgan fingerprint density at radius 2 is 2.17 bits per heavy atom. The molecule has 0 amide bonds. The lowest BCUT2D eigenvalue weighted by atomic mass is 10.2. The number of aromatic nitrogens is 2. The van der Waals surface area contributed by atoms with Crippen LogP contribution < -0.4 is 4.74 Å². The molecule has 96 valence electrons. The van der Waals surface area contributed by atoms with Crippen LogP contribution >= 0.6 is 27.5 Å². The zero-order valence-electron chi connectivity index (χ0n) is 10.3. The van der Waals surface area contributed by atoms with E-state index in [4.69, 9.17) is 16.3 Å². The second kappa shape index (κ2) is 5.76. The third-order valence-corrected chi connectivity index (χ3v) is 3.42. The molecule has 0 radical (unpaired) electrons. The minimum Gasteiger partial charge on any atom is -0.487 e. The van der Waals surface area contributed by atoms with Gasteiger partial charge in [0.1, 0.15) is 12.4 Å². The molecule has 0 saturated carbocycles. The summed E-state index contributed by atoms with van der Waals surface area (Å²) in [6.45, 7) is 2.45. The van der Waals surface area contributed by atoms with Gasteiger partial charge in [0.2, 0.25) is 0 Å². The molecule has 0 aliphatic rings. The number of benzene rings is 1. The van der Waals surface area contributed by atoms with Crippen LogP contribution in [0.25, 0.3) is 0 Å². The zero-order chi connectivity index (χ0) is 13.1. The van der Waals surface area contributed by atoms with E-state index >= 15 is 0 Å². The van der Waals surface area contributed by atoms with Crippen LogP contribution in [-0.2, 0) is 19.5 Å². The maximum absolute atomic E-state index is 5.90. The molecule has 2 aromatic rings. The lowest BCUT2D eigenvalue weighted by Gasteiger charge is -2.10. The van der Waals surface area contributed by atoms with Crippen LogP contribution in [-0.4, -0.2) is 9.78 Å². The third-order valence-electron chi connectivity index (χ3n) is 2.64. The molecular weight excluding hydrogens is 316 g/mol. The van der Waals surface area contributed by atoms with Crippen LogP contribution in [0, 0.1) is 6.92 Å². The summed E-state index contributed by atoms with van der Waals surface area (Å²) in [7, 11) is 1.91. The van der Waals surface area contributed by atoms with Crippen molar-refractivity contribution in [3.8, 4) is 5.75 Å². The van der Waals surface area contributed by atoms with E-state index in [0.717, 1.165) is 27.2 Å². The van der Waals surface area contributed by atoms with Crippen molar-refractivity contribution < 1.29 is 4.74 Å². The van der Waals surface area contributed by atoms with Crippen molar-refractivity contribution >= 4 is 27.5 Å². The average Bonchev–Trinajstić information content (AvgIpc) is 2.66. The average molecular weight is 330 g/mol. The number of ether oxygens (including phenoxy) is 1. The summed E-state index contributed by atoms with van der Waals surface area (Å²) in [5.74, 6) is 1.24. The maximum atomic E-state index is 5.90. The number of hydrogen-bond donors (Lipinski definition) is 0. The predicted octanol–water partition coefficient (Wildman–Crippen LogP) is 3.81. The van der Waals surface area contributed by atoms with Gasteiger partial charge in [-0.25, -0.2) is 0 Å². The highest BCUT2D eigenvalue weighted by Gasteiger charge is 2.06. The monoisotopic (exact) mass is 328 g/mol. The molecule has 1 aromatic carbocycles. The van der Waals surface area contributed by atoms with Gasteiger partial charge in [-0.1, -0.05) is 15.9 Å². The van der Waals surface area contributed by atoms with Crippen molar-refractivity contribution in [3.63, 3.8) is 0 Å². The van der Waals surface area contributed by atoms with Crippen molar-refractivity contribution in [2.24, 2.45) is 7.05 Å². The summed E-state index contributed by atoms with van der Waals surface area (Å²) < 4.78 is 8.63. The normalized spacial score (nSPS) is 10.7. The van der Waals surface area contributed by atoms with Gasteiger partial charge in [0.05, 0.1) is 17.3 Å². The van der Waals surface area contributed by atoms with Gasteiger partial charge in [-0.3, -0.25) is 4.68 Å². The van der Waals surface area contributed by atoms with E-state index in [1.54, 1.807) is 0 Å². The van der Waals surface area contributed by atoms with Gasteiger partial charge in [-0.05, 0) is 31.2 Å². The number of nitrogens with zero attached hydrogens (tertiary/aromatic N) is 2. The van der Waals surface area contributed by atoms with E-state index in [-0.39, 0.29) is 0 Å². The molecule has 0 fully saturated rings. The summed E-state index contributed by atoms with van der Waals surface area (Å²) in [6, 6.07) is 7.85. The van der Waals surface area contributed by atoms with Gasteiger partial charge in [0.25, 0.3) is 0 Å². The summed E-state index contributed by atoms with van der Waals surface area (Å²) in [4.78, 5) is 0. The highest BCUT2D eigenvalue weighted by molar-refractivity contribution is 9.10. The fourth-order valence-electron chi connectivity index (χ4n) is 1.74. The van der Waals surface area contributed by atoms with Crippen LogP contribution in [0.3, 0.4) is 0 Å². The molecular formula is C13H14BrClN2O. The smallest absolute Gasteiger partial charge is 0.130 e. The Hall–Kier alpha value is -1.00. The van der Waals surface area contributed by atoms with Gasteiger partial charge in [-0.2, -0.15) is 5.10 Å². The van der Waals surface area contributed by atoms with Crippen LogP contribution in [0.4, 0.5) is 0 Å². The van der Waals surface area contributed by atoms with Gasteiger partial charge in [-0.15, -0.1) is 11.6 Å². The lowest BCUT2D eigenvalue weighted by Crippen LogP contribution is -2.04. The van der Waals surface area contributed by atoms with E-state index in [2.05, 4.69) is 21.0 Å². The van der Waals surface area contributed by atoms with E-state index < -0.39 is 0 Å². The van der Waals surface area contributed by atoms with Crippen molar-refractivity contribution in [2.75, 3.05) is 0 Å². The standard InChI is InChI=1S/C13H14BrClN2O/c1-9-5-12(17(2)16-9)8-18-13-4-3-11(14)6-10(13)7-15/h3-6H,7-8H2,1-2H3. The van der Waals surface area contributed by atoms with Crippen molar-refractivity contribution in [1.82, 2.24) is 9.78 Å². The minimum atomic E-state index is 0.430. The van der Waals surface area contributed by atoms with Crippen LogP contribution in [0.2, 0.25) is 0 Å². The first-order valence-electron chi connectivity index (χ1n) is 5.57. The summed E-state index contributed by atoms with van der Waals surface area (Å²) in [6.07, 6.45) is 0. The largest absolute Gasteiger partial charge is 0.487 e. The molecule has 0 aliphatic carbocycles. The quantitative estimate of drug-likeness (QED) is 0.798. The molecule has 0 atom stereocenters. The molecule has 0 N–H and O–H groups in total. The number of alkyl halides is 1. The molecule has 1 aromatic heterocycles.